The first-order valence-corrected chi connectivity index (χ1v) is 10.2. The monoisotopic (exact) mass is 420 g/mol. The average Bonchev–Trinajstić information content (AvgIpc) is 2.63. The summed E-state index contributed by atoms with van der Waals surface area (Å²) in [6, 6.07) is -0.496. The van der Waals surface area contributed by atoms with Crippen LogP contribution in [-0.4, -0.2) is 82.9 Å². The zero-order valence-corrected chi connectivity index (χ0v) is 18.2. The van der Waals surface area contributed by atoms with Gasteiger partial charge in [-0.2, -0.15) is 0 Å². The van der Waals surface area contributed by atoms with Gasteiger partial charge in [0.1, 0.15) is 5.60 Å². The molecule has 0 saturated heterocycles. The molecular weight excluding hydrogens is 380 g/mol. The quantitative estimate of drug-likeness (QED) is 0.243. The predicted octanol–water partition coefficient (Wildman–Crippen LogP) is 0.133. The van der Waals surface area contributed by atoms with Gasteiger partial charge in [-0.15, -0.1) is 0 Å². The Bertz CT molecular complexity index is 431. The summed E-state index contributed by atoms with van der Waals surface area (Å²) >= 11 is 0. The van der Waals surface area contributed by atoms with Gasteiger partial charge < -0.3 is 41.0 Å². The molecule has 0 aromatic heterocycles. The van der Waals surface area contributed by atoms with E-state index < -0.39 is 17.7 Å². The molecule has 0 aliphatic heterocycles. The molecule has 0 aromatic carbocycles. The van der Waals surface area contributed by atoms with E-state index in [1.165, 1.54) is 0 Å². The van der Waals surface area contributed by atoms with Gasteiger partial charge >= 0.3 is 6.09 Å². The number of hydrogen-bond acceptors (Lipinski definition) is 8. The number of carbonyl (C=O) groups excluding carboxylic acids is 2. The molecule has 0 heterocycles. The van der Waals surface area contributed by atoms with Crippen molar-refractivity contribution in [2.24, 2.45) is 11.5 Å². The fourth-order valence-electron chi connectivity index (χ4n) is 2.10. The van der Waals surface area contributed by atoms with E-state index in [1.54, 1.807) is 0 Å². The maximum atomic E-state index is 11.7. The van der Waals surface area contributed by atoms with Crippen LogP contribution in [-0.2, 0) is 23.7 Å². The van der Waals surface area contributed by atoms with Crippen LogP contribution in [0.25, 0.3) is 0 Å². The van der Waals surface area contributed by atoms with E-state index in [2.05, 4.69) is 10.6 Å². The van der Waals surface area contributed by atoms with Crippen LogP contribution >= 0.6 is 0 Å². The Morgan fingerprint density at radius 1 is 0.862 bits per heavy atom. The topological polar surface area (TPSA) is 147 Å². The third-order valence-electron chi connectivity index (χ3n) is 3.51. The minimum atomic E-state index is -0.510. The average molecular weight is 421 g/mol. The number of nitrogens with two attached hydrogens (primary N) is 2. The van der Waals surface area contributed by atoms with E-state index in [0.717, 1.165) is 12.8 Å². The van der Waals surface area contributed by atoms with Crippen LogP contribution in [0, 0.1) is 0 Å². The van der Waals surface area contributed by atoms with Crippen molar-refractivity contribution in [1.82, 2.24) is 10.6 Å². The molecule has 1 atom stereocenters. The van der Waals surface area contributed by atoms with Crippen molar-refractivity contribution in [2.45, 2.75) is 51.7 Å². The highest BCUT2D eigenvalue weighted by atomic mass is 16.6. The highest BCUT2D eigenvalue weighted by molar-refractivity contribution is 5.81. The molecule has 172 valence electrons. The maximum Gasteiger partial charge on any atom is 0.407 e. The standard InChI is InChI=1S/C19H40N4O6/c1-19(2,3)29-18(25)23-9-11-27-13-15-28-14-12-26-10-8-22-17(24)16(21)6-4-5-7-20/h16H,4-15,20-21H2,1-3H3,(H,22,24)(H,23,25)/t16-/m0/s1. The van der Waals surface area contributed by atoms with Crippen LogP contribution in [0.15, 0.2) is 0 Å². The minimum Gasteiger partial charge on any atom is -0.444 e. The normalized spacial score (nSPS) is 12.4. The molecule has 10 heteroatoms. The molecule has 6 N–H and O–H groups in total. The Kier molecular flexibility index (Phi) is 16.5. The smallest absolute Gasteiger partial charge is 0.407 e. The zero-order chi connectivity index (χ0) is 22.0. The molecule has 2 amide bonds. The lowest BCUT2D eigenvalue weighted by molar-refractivity contribution is -0.122. The first kappa shape index (κ1) is 27.5. The van der Waals surface area contributed by atoms with Crippen LogP contribution in [0.1, 0.15) is 40.0 Å². The van der Waals surface area contributed by atoms with Crippen molar-refractivity contribution in [3.05, 3.63) is 0 Å². The van der Waals surface area contributed by atoms with E-state index in [1.807, 2.05) is 20.8 Å². The maximum absolute atomic E-state index is 11.7. The van der Waals surface area contributed by atoms with Gasteiger partial charge in [0.05, 0.1) is 45.7 Å². The van der Waals surface area contributed by atoms with Gasteiger partial charge in [0.25, 0.3) is 0 Å². The number of nitrogens with one attached hydrogen (secondary N) is 2. The van der Waals surface area contributed by atoms with Gasteiger partial charge in [0.15, 0.2) is 0 Å². The van der Waals surface area contributed by atoms with Crippen LogP contribution in [0.3, 0.4) is 0 Å². The minimum absolute atomic E-state index is 0.167. The Balaban J connectivity index is 3.33. The van der Waals surface area contributed by atoms with Gasteiger partial charge in [-0.1, -0.05) is 6.42 Å². The highest BCUT2D eigenvalue weighted by Crippen LogP contribution is 2.06. The van der Waals surface area contributed by atoms with Crippen molar-refractivity contribution in [2.75, 3.05) is 59.3 Å². The molecule has 0 unspecified atom stereocenters. The van der Waals surface area contributed by atoms with Crippen LogP contribution in [0.2, 0.25) is 0 Å². The summed E-state index contributed by atoms with van der Waals surface area (Å²) in [5, 5.41) is 5.35. The number of ether oxygens (including phenoxy) is 4. The molecule has 0 aromatic rings. The first-order chi connectivity index (χ1) is 13.8. The number of amides is 2. The highest BCUT2D eigenvalue weighted by Gasteiger charge is 2.15. The van der Waals surface area contributed by atoms with E-state index in [0.29, 0.717) is 65.7 Å². The molecule has 0 fully saturated rings. The van der Waals surface area contributed by atoms with Gasteiger partial charge in [-0.05, 0) is 40.2 Å². The van der Waals surface area contributed by atoms with Crippen LogP contribution in [0.4, 0.5) is 4.79 Å². The number of alkyl carbamates (subject to hydrolysis) is 1. The van der Waals surface area contributed by atoms with Crippen molar-refractivity contribution in [3.63, 3.8) is 0 Å². The molecule has 0 spiro atoms. The van der Waals surface area contributed by atoms with E-state index >= 15 is 0 Å². The van der Waals surface area contributed by atoms with Crippen molar-refractivity contribution in [1.29, 1.82) is 0 Å². The molecule has 0 bridgehead atoms. The summed E-state index contributed by atoms with van der Waals surface area (Å²) in [6.45, 7) is 9.33. The summed E-state index contributed by atoms with van der Waals surface area (Å²) < 4.78 is 21.2. The Labute approximate surface area is 174 Å². The largest absolute Gasteiger partial charge is 0.444 e. The lowest BCUT2D eigenvalue weighted by Gasteiger charge is -2.19. The summed E-state index contributed by atoms with van der Waals surface area (Å²) in [5.41, 5.74) is 10.7. The van der Waals surface area contributed by atoms with E-state index in [4.69, 9.17) is 30.4 Å². The summed E-state index contributed by atoms with van der Waals surface area (Å²) in [5.74, 6) is -0.167. The number of unbranched alkanes of at least 4 members (excludes halogenated alkanes) is 1. The van der Waals surface area contributed by atoms with Gasteiger partial charge in [-0.25, -0.2) is 4.79 Å². The lowest BCUT2D eigenvalue weighted by Crippen LogP contribution is -2.41. The summed E-state index contributed by atoms with van der Waals surface area (Å²) in [6.07, 6.45) is 1.90. The third kappa shape index (κ3) is 19.6. The first-order valence-electron chi connectivity index (χ1n) is 10.2. The molecule has 0 aliphatic rings. The third-order valence-corrected chi connectivity index (χ3v) is 3.51. The van der Waals surface area contributed by atoms with Crippen LogP contribution < -0.4 is 22.1 Å². The molecule has 29 heavy (non-hydrogen) atoms. The zero-order valence-electron chi connectivity index (χ0n) is 18.2. The van der Waals surface area contributed by atoms with Gasteiger partial charge in [0.2, 0.25) is 5.91 Å². The molecular formula is C19H40N4O6. The second kappa shape index (κ2) is 17.4. The van der Waals surface area contributed by atoms with Crippen molar-refractivity contribution < 1.29 is 28.5 Å². The summed E-state index contributed by atoms with van der Waals surface area (Å²) in [4.78, 5) is 23.1. The fraction of sp³-hybridized carbons (Fsp3) is 0.895. The predicted molar refractivity (Wildman–Crippen MR) is 111 cm³/mol. The molecule has 0 rings (SSSR count). The molecule has 0 aliphatic carbocycles. The molecule has 10 nitrogen and oxygen atoms in total. The van der Waals surface area contributed by atoms with Crippen molar-refractivity contribution in [3.8, 4) is 0 Å². The number of carbonyl (C=O) groups is 2. The second-order valence-corrected chi connectivity index (χ2v) is 7.45. The summed E-state index contributed by atoms with van der Waals surface area (Å²) in [7, 11) is 0. The number of rotatable bonds is 17. The number of hydrogen-bond donors (Lipinski definition) is 4. The fourth-order valence-corrected chi connectivity index (χ4v) is 2.10. The molecule has 0 radical (unpaired) electrons. The van der Waals surface area contributed by atoms with Gasteiger partial charge in [-0.3, -0.25) is 4.79 Å². The Hall–Kier alpha value is -1.46. The van der Waals surface area contributed by atoms with Crippen LogP contribution in [0.5, 0.6) is 0 Å². The van der Waals surface area contributed by atoms with Gasteiger partial charge in [0, 0.05) is 13.1 Å². The molecule has 0 saturated carbocycles. The Morgan fingerprint density at radius 3 is 1.90 bits per heavy atom. The van der Waals surface area contributed by atoms with E-state index in [9.17, 15) is 9.59 Å². The SMILES string of the molecule is CC(C)(C)OC(=O)NCCOCCOCCOCCNC(=O)[C@@H](N)CCCCN. The second-order valence-electron chi connectivity index (χ2n) is 7.45. The lowest BCUT2D eigenvalue weighted by atomic mass is 10.1. The van der Waals surface area contributed by atoms with Crippen molar-refractivity contribution >= 4 is 12.0 Å². The van der Waals surface area contributed by atoms with E-state index in [-0.39, 0.29) is 5.91 Å². The Morgan fingerprint density at radius 2 is 1.38 bits per heavy atom.